The Morgan fingerprint density at radius 1 is 1.67 bits per heavy atom. The maximum atomic E-state index is 8.60. The van der Waals surface area contributed by atoms with Gasteiger partial charge in [0, 0.05) is 20.2 Å². The Morgan fingerprint density at radius 3 is 3.00 bits per heavy atom. The second-order valence-corrected chi connectivity index (χ2v) is 3.43. The lowest BCUT2D eigenvalue weighted by Crippen LogP contribution is -2.37. The van der Waals surface area contributed by atoms with Crippen LogP contribution in [0.25, 0.3) is 0 Å². The molecular formula is C9H11ClN5+. The van der Waals surface area contributed by atoms with Gasteiger partial charge in [0.05, 0.1) is 0 Å². The molecule has 1 rings (SSSR count). The molecule has 0 saturated carbocycles. The van der Waals surface area contributed by atoms with Gasteiger partial charge in [-0.15, -0.1) is 4.68 Å². The molecule has 0 spiro atoms. The van der Waals surface area contributed by atoms with Gasteiger partial charge >= 0.3 is 5.82 Å². The Kier molecular flexibility index (Phi) is 4.01. The zero-order valence-electron chi connectivity index (χ0n) is 8.55. The minimum Gasteiger partial charge on any atom is -0.348 e. The van der Waals surface area contributed by atoms with Crippen LogP contribution in [0.5, 0.6) is 0 Å². The summed E-state index contributed by atoms with van der Waals surface area (Å²) in [5, 5.41) is 12.9. The Labute approximate surface area is 93.2 Å². The molecule has 0 unspecified atom stereocenters. The fraction of sp³-hybridized carbons (Fsp3) is 0.333. The number of hydrogen-bond donors (Lipinski definition) is 0. The Hall–Kier alpha value is -1.67. The minimum atomic E-state index is 0.126. The summed E-state index contributed by atoms with van der Waals surface area (Å²) in [5.41, 5.74) is 0. The number of nitriles is 1. The topological polar surface area (TPSA) is 56.2 Å². The average molecular weight is 225 g/mol. The van der Waals surface area contributed by atoms with Gasteiger partial charge in [-0.3, -0.25) is 0 Å². The number of halogens is 1. The number of hydrogen-bond acceptors (Lipinski definition) is 3. The molecule has 1 aromatic rings. The third kappa shape index (κ3) is 3.52. The van der Waals surface area contributed by atoms with Crippen LogP contribution < -0.4 is 4.68 Å². The zero-order valence-corrected chi connectivity index (χ0v) is 9.31. The van der Waals surface area contributed by atoms with Crippen molar-refractivity contribution in [2.75, 3.05) is 14.1 Å². The van der Waals surface area contributed by atoms with Gasteiger partial charge in [0.15, 0.2) is 11.7 Å². The van der Waals surface area contributed by atoms with E-state index >= 15 is 0 Å². The van der Waals surface area contributed by atoms with E-state index in [2.05, 4.69) is 10.1 Å². The zero-order chi connectivity index (χ0) is 11.3. The summed E-state index contributed by atoms with van der Waals surface area (Å²) < 4.78 is 1.45. The van der Waals surface area contributed by atoms with Crippen LogP contribution in [0.15, 0.2) is 17.1 Å². The minimum absolute atomic E-state index is 0.126. The molecule has 0 aliphatic rings. The van der Waals surface area contributed by atoms with E-state index in [4.69, 9.17) is 16.9 Å². The molecule has 0 aromatic carbocycles. The van der Waals surface area contributed by atoms with Crippen LogP contribution in [0.2, 0.25) is 5.15 Å². The molecule has 0 aliphatic carbocycles. The summed E-state index contributed by atoms with van der Waals surface area (Å²) in [4.78, 5) is 5.95. The summed E-state index contributed by atoms with van der Waals surface area (Å²) in [6.07, 6.45) is 1.64. The highest BCUT2D eigenvalue weighted by atomic mass is 35.5. The highest BCUT2D eigenvalue weighted by Gasteiger charge is 2.10. The molecule has 0 radical (unpaired) electrons. The first kappa shape index (κ1) is 11.4. The van der Waals surface area contributed by atoms with E-state index in [1.165, 1.54) is 4.68 Å². The third-order valence-corrected chi connectivity index (χ3v) is 1.69. The number of aliphatic imine (C=N–C) groups is 1. The van der Waals surface area contributed by atoms with Crippen molar-refractivity contribution in [2.45, 2.75) is 6.54 Å². The van der Waals surface area contributed by atoms with Crippen molar-refractivity contribution in [1.29, 1.82) is 5.26 Å². The molecule has 0 saturated heterocycles. The van der Waals surface area contributed by atoms with Crippen molar-refractivity contribution in [2.24, 2.45) is 4.99 Å². The Morgan fingerprint density at radius 2 is 2.40 bits per heavy atom. The molecular weight excluding hydrogens is 214 g/mol. The fourth-order valence-electron chi connectivity index (χ4n) is 0.897. The average Bonchev–Trinajstić information content (AvgIpc) is 2.17. The largest absolute Gasteiger partial charge is 0.348 e. The quantitative estimate of drug-likeness (QED) is 0.433. The Balaban J connectivity index is 3.01. The second kappa shape index (κ2) is 5.27. The van der Waals surface area contributed by atoms with Crippen molar-refractivity contribution < 1.29 is 4.68 Å². The van der Waals surface area contributed by atoms with Crippen LogP contribution in [0.3, 0.4) is 0 Å². The predicted molar refractivity (Wildman–Crippen MR) is 56.9 cm³/mol. The number of rotatable bonds is 3. The number of aromatic nitrogens is 2. The van der Waals surface area contributed by atoms with Crippen LogP contribution in [-0.2, 0) is 6.54 Å². The second-order valence-electron chi connectivity index (χ2n) is 3.04. The first-order valence-corrected chi connectivity index (χ1v) is 4.65. The molecule has 0 bridgehead atoms. The van der Waals surface area contributed by atoms with Crippen molar-refractivity contribution in [3.63, 3.8) is 0 Å². The van der Waals surface area contributed by atoms with Crippen LogP contribution in [0.1, 0.15) is 0 Å². The van der Waals surface area contributed by atoms with Crippen molar-refractivity contribution in [3.05, 3.63) is 17.3 Å². The van der Waals surface area contributed by atoms with Gasteiger partial charge in [-0.05, 0) is 11.1 Å². The van der Waals surface area contributed by atoms with Crippen molar-refractivity contribution in [1.82, 2.24) is 10.00 Å². The number of nitrogens with zero attached hydrogens (tertiary/aromatic N) is 5. The molecule has 0 aliphatic heterocycles. The summed E-state index contributed by atoms with van der Waals surface area (Å²) in [7, 11) is 3.73. The molecule has 5 nitrogen and oxygen atoms in total. The van der Waals surface area contributed by atoms with Crippen LogP contribution in [0.4, 0.5) is 5.82 Å². The predicted octanol–water partition coefficient (Wildman–Crippen LogP) is 0.767. The van der Waals surface area contributed by atoms with Gasteiger partial charge in [-0.2, -0.15) is 5.26 Å². The van der Waals surface area contributed by atoms with E-state index in [1.54, 1.807) is 23.4 Å². The lowest BCUT2D eigenvalue weighted by atomic mass is 10.5. The molecule has 78 valence electrons. The smallest absolute Gasteiger partial charge is 0.346 e. The summed E-state index contributed by atoms with van der Waals surface area (Å²) >= 11 is 5.71. The maximum Gasteiger partial charge on any atom is 0.346 e. The molecule has 6 heteroatoms. The van der Waals surface area contributed by atoms with E-state index in [0.29, 0.717) is 11.0 Å². The van der Waals surface area contributed by atoms with E-state index < -0.39 is 0 Å². The molecule has 0 atom stereocenters. The highest BCUT2D eigenvalue weighted by molar-refractivity contribution is 6.29. The van der Waals surface area contributed by atoms with E-state index in [0.717, 1.165) is 0 Å². The molecule has 0 fully saturated rings. The van der Waals surface area contributed by atoms with Gasteiger partial charge in [0.25, 0.3) is 0 Å². The van der Waals surface area contributed by atoms with E-state index in [9.17, 15) is 0 Å². The van der Waals surface area contributed by atoms with Gasteiger partial charge in [-0.25, -0.2) is 0 Å². The molecule has 1 aromatic heterocycles. The van der Waals surface area contributed by atoms with Crippen molar-refractivity contribution in [3.8, 4) is 6.07 Å². The highest BCUT2D eigenvalue weighted by Crippen LogP contribution is 2.07. The monoisotopic (exact) mass is 224 g/mol. The SMILES string of the molecule is CN(C)/C=N/c1ccc(Cl)n[n+]1CC#N. The summed E-state index contributed by atoms with van der Waals surface area (Å²) in [5.74, 6) is 0.592. The fourth-order valence-corrected chi connectivity index (χ4v) is 1.05. The van der Waals surface area contributed by atoms with E-state index in [1.807, 2.05) is 20.2 Å². The summed E-state index contributed by atoms with van der Waals surface area (Å²) in [6.45, 7) is 0.126. The standard InChI is InChI=1S/C9H11ClN5/c1-14(2)7-12-9-4-3-8(10)13-15(9)6-5-11/h3-4,7H,6H2,1-2H3/q+1. The molecule has 15 heavy (non-hydrogen) atoms. The first-order valence-electron chi connectivity index (χ1n) is 4.27. The van der Waals surface area contributed by atoms with Gasteiger partial charge in [0.1, 0.15) is 6.07 Å². The van der Waals surface area contributed by atoms with Crippen LogP contribution in [-0.4, -0.2) is 30.4 Å². The Bertz CT molecular complexity index is 407. The molecule has 0 amide bonds. The van der Waals surface area contributed by atoms with Crippen molar-refractivity contribution >= 4 is 23.8 Å². The van der Waals surface area contributed by atoms with Crippen LogP contribution >= 0.6 is 11.6 Å². The summed E-state index contributed by atoms with van der Waals surface area (Å²) in [6, 6.07) is 5.35. The van der Waals surface area contributed by atoms with Gasteiger partial charge in [0.2, 0.25) is 6.34 Å². The van der Waals surface area contributed by atoms with E-state index in [-0.39, 0.29) is 6.54 Å². The lowest BCUT2D eigenvalue weighted by molar-refractivity contribution is -0.730. The first-order chi connectivity index (χ1) is 7.13. The lowest BCUT2D eigenvalue weighted by Gasteiger charge is -1.98. The van der Waals surface area contributed by atoms with Gasteiger partial charge < -0.3 is 4.90 Å². The molecule has 0 N–H and O–H groups in total. The van der Waals surface area contributed by atoms with Crippen LogP contribution in [0, 0.1) is 11.3 Å². The third-order valence-electron chi connectivity index (χ3n) is 1.49. The normalized spacial score (nSPS) is 10.3. The maximum absolute atomic E-state index is 8.60. The van der Waals surface area contributed by atoms with Gasteiger partial charge in [-0.1, -0.05) is 16.7 Å². The molecule has 1 heterocycles.